The minimum Gasteiger partial charge on any atom is -0.465 e. The number of para-hydroxylation sites is 1. The second-order valence-corrected chi connectivity index (χ2v) is 4.30. The van der Waals surface area contributed by atoms with Gasteiger partial charge in [0.2, 0.25) is 0 Å². The third-order valence-corrected chi connectivity index (χ3v) is 2.93. The first-order chi connectivity index (χ1) is 8.16. The molecule has 0 bridgehead atoms. The molecule has 0 spiro atoms. The van der Waals surface area contributed by atoms with E-state index in [1.54, 1.807) is 12.1 Å². The maximum Gasteiger partial charge on any atom is 0.411 e. The molecule has 0 atom stereocenters. The molecule has 1 N–H and O–H groups in total. The van der Waals surface area contributed by atoms with E-state index in [0.717, 1.165) is 3.57 Å². The highest BCUT2D eigenvalue weighted by atomic mass is 127. The van der Waals surface area contributed by atoms with Gasteiger partial charge in [0.25, 0.3) is 0 Å². The maximum absolute atomic E-state index is 11.1. The molecule has 0 unspecified atom stereocenters. The van der Waals surface area contributed by atoms with Gasteiger partial charge in [-0.15, -0.1) is 6.42 Å². The molecule has 1 amide bonds. The topological polar surface area (TPSA) is 49.8 Å². The highest BCUT2D eigenvalue weighted by Gasteiger charge is 2.15. The summed E-state index contributed by atoms with van der Waals surface area (Å²) in [6.07, 6.45) is 4.03. The molecule has 0 aliphatic rings. The summed E-state index contributed by atoms with van der Waals surface area (Å²) in [4.78, 5) is 12.4. The van der Waals surface area contributed by atoms with Gasteiger partial charge in [-0.05, 0) is 34.7 Å². The summed E-state index contributed by atoms with van der Waals surface area (Å²) in [5.74, 6) is 2.33. The number of halogens is 1. The predicted molar refractivity (Wildman–Crippen MR) is 74.2 cm³/mol. The van der Waals surface area contributed by atoms with Crippen molar-refractivity contribution in [3.8, 4) is 12.3 Å². The Labute approximate surface area is 114 Å². The molecular formula is C12H12INO3. The molecule has 0 aliphatic heterocycles. The van der Waals surface area contributed by atoms with Crippen LogP contribution in [0.15, 0.2) is 24.3 Å². The number of ether oxygens (including phenoxy) is 1. The van der Waals surface area contributed by atoms with Gasteiger partial charge in [0.05, 0.1) is 18.8 Å². The van der Waals surface area contributed by atoms with Crippen molar-refractivity contribution in [2.24, 2.45) is 0 Å². The first-order valence-corrected chi connectivity index (χ1v) is 6.01. The van der Waals surface area contributed by atoms with Crippen molar-refractivity contribution in [3.05, 3.63) is 27.8 Å². The number of anilines is 1. The average molecular weight is 345 g/mol. The van der Waals surface area contributed by atoms with E-state index in [-0.39, 0.29) is 19.8 Å². The van der Waals surface area contributed by atoms with Crippen molar-refractivity contribution >= 4 is 34.4 Å². The lowest BCUT2D eigenvalue weighted by molar-refractivity contribution is 0.167. The lowest BCUT2D eigenvalue weighted by Gasteiger charge is -2.20. The van der Waals surface area contributed by atoms with Crippen LogP contribution in [0.5, 0.6) is 0 Å². The molecule has 0 saturated heterocycles. The fraction of sp³-hybridized carbons (Fsp3) is 0.250. The first kappa shape index (κ1) is 13.8. The van der Waals surface area contributed by atoms with Gasteiger partial charge < -0.3 is 9.84 Å². The summed E-state index contributed by atoms with van der Waals surface area (Å²) in [6, 6.07) is 7.28. The fourth-order valence-corrected chi connectivity index (χ4v) is 1.96. The number of rotatable bonds is 5. The number of benzene rings is 1. The van der Waals surface area contributed by atoms with Crippen LogP contribution >= 0.6 is 22.6 Å². The van der Waals surface area contributed by atoms with Gasteiger partial charge in [-0.3, -0.25) is 4.90 Å². The van der Waals surface area contributed by atoms with Crippen molar-refractivity contribution in [1.29, 1.82) is 0 Å². The minimum absolute atomic E-state index is 0.194. The second-order valence-electron chi connectivity index (χ2n) is 3.14. The number of terminal acetylenes is 1. The Morgan fingerprint density at radius 2 is 2.24 bits per heavy atom. The smallest absolute Gasteiger partial charge is 0.411 e. The molecule has 1 aromatic carbocycles. The quantitative estimate of drug-likeness (QED) is 0.507. The molecule has 0 saturated carbocycles. The van der Waals surface area contributed by atoms with Crippen LogP contribution in [0.4, 0.5) is 10.5 Å². The molecule has 1 aromatic rings. The van der Waals surface area contributed by atoms with Gasteiger partial charge in [-0.1, -0.05) is 18.1 Å². The Morgan fingerprint density at radius 3 is 2.82 bits per heavy atom. The van der Waals surface area contributed by atoms with E-state index in [4.69, 9.17) is 16.3 Å². The zero-order valence-corrected chi connectivity index (χ0v) is 11.3. The van der Waals surface area contributed by atoms with Crippen molar-refractivity contribution in [2.45, 2.75) is 0 Å². The van der Waals surface area contributed by atoms with Crippen LogP contribution in [0.2, 0.25) is 0 Å². The number of hydrogen-bond donors (Lipinski definition) is 1. The number of nitrogens with zero attached hydrogens (tertiary/aromatic N) is 1. The molecule has 17 heavy (non-hydrogen) atoms. The number of carboxylic acid groups (broad SMARTS) is 1. The standard InChI is InChI=1S/C12H12INO3/c1-2-8-17-9-7-14(12(15)16)11-6-4-3-5-10(11)13/h1,3-6H,7-9H2,(H,15,16). The molecule has 0 radical (unpaired) electrons. The third-order valence-electron chi connectivity index (χ3n) is 2.02. The van der Waals surface area contributed by atoms with Crippen LogP contribution in [-0.2, 0) is 4.74 Å². The third kappa shape index (κ3) is 4.24. The molecule has 4 nitrogen and oxygen atoms in total. The SMILES string of the molecule is C#CCOCCN(C(=O)O)c1ccccc1I. The van der Waals surface area contributed by atoms with Gasteiger partial charge in [0.1, 0.15) is 6.61 Å². The minimum atomic E-state index is -1.00. The van der Waals surface area contributed by atoms with Crippen molar-refractivity contribution < 1.29 is 14.6 Å². The van der Waals surface area contributed by atoms with E-state index in [1.165, 1.54) is 4.90 Å². The van der Waals surface area contributed by atoms with Crippen LogP contribution in [0.3, 0.4) is 0 Å². The number of amides is 1. The van der Waals surface area contributed by atoms with Gasteiger partial charge in [-0.2, -0.15) is 0 Å². The summed E-state index contributed by atoms with van der Waals surface area (Å²) < 4.78 is 5.96. The molecule has 0 aliphatic carbocycles. The van der Waals surface area contributed by atoms with E-state index < -0.39 is 6.09 Å². The zero-order valence-electron chi connectivity index (χ0n) is 9.10. The van der Waals surface area contributed by atoms with Gasteiger partial charge in [0, 0.05) is 3.57 Å². The predicted octanol–water partition coefficient (Wildman–Crippen LogP) is 2.43. The Hall–Kier alpha value is -1.26. The number of carbonyl (C=O) groups is 1. The first-order valence-electron chi connectivity index (χ1n) is 4.93. The normalized spacial score (nSPS) is 9.65. The largest absolute Gasteiger partial charge is 0.465 e. The fourth-order valence-electron chi connectivity index (χ4n) is 1.28. The highest BCUT2D eigenvalue weighted by molar-refractivity contribution is 14.1. The van der Waals surface area contributed by atoms with Crippen molar-refractivity contribution in [2.75, 3.05) is 24.7 Å². The summed E-state index contributed by atoms with van der Waals surface area (Å²) in [5.41, 5.74) is 0.657. The molecule has 0 aromatic heterocycles. The van der Waals surface area contributed by atoms with Crippen LogP contribution in [0.25, 0.3) is 0 Å². The van der Waals surface area contributed by atoms with E-state index in [1.807, 2.05) is 12.1 Å². The van der Waals surface area contributed by atoms with Crippen LogP contribution in [-0.4, -0.2) is 31.0 Å². The zero-order chi connectivity index (χ0) is 12.7. The van der Waals surface area contributed by atoms with E-state index in [0.29, 0.717) is 5.69 Å². The van der Waals surface area contributed by atoms with E-state index in [2.05, 4.69) is 28.5 Å². The lowest BCUT2D eigenvalue weighted by atomic mass is 10.3. The maximum atomic E-state index is 11.1. The molecule has 1 rings (SSSR count). The Balaban J connectivity index is 2.70. The van der Waals surface area contributed by atoms with Gasteiger partial charge in [0.15, 0.2) is 0 Å². The van der Waals surface area contributed by atoms with Gasteiger partial charge in [-0.25, -0.2) is 4.79 Å². The Kier molecular flexibility index (Phi) is 5.80. The van der Waals surface area contributed by atoms with Gasteiger partial charge >= 0.3 is 6.09 Å². The van der Waals surface area contributed by atoms with E-state index in [9.17, 15) is 4.79 Å². The second kappa shape index (κ2) is 7.14. The van der Waals surface area contributed by atoms with Crippen LogP contribution < -0.4 is 4.90 Å². The monoisotopic (exact) mass is 345 g/mol. The van der Waals surface area contributed by atoms with E-state index >= 15 is 0 Å². The average Bonchev–Trinajstić information content (AvgIpc) is 2.30. The molecule has 0 heterocycles. The molecule has 0 fully saturated rings. The summed E-state index contributed by atoms with van der Waals surface area (Å²) >= 11 is 2.10. The Bertz CT molecular complexity index is 428. The van der Waals surface area contributed by atoms with Crippen LogP contribution in [0, 0.1) is 15.9 Å². The van der Waals surface area contributed by atoms with Crippen molar-refractivity contribution in [1.82, 2.24) is 0 Å². The summed E-state index contributed by atoms with van der Waals surface area (Å²) in [5, 5.41) is 9.13. The Morgan fingerprint density at radius 1 is 1.53 bits per heavy atom. The summed E-state index contributed by atoms with van der Waals surface area (Å²) in [7, 11) is 0. The lowest BCUT2D eigenvalue weighted by Crippen LogP contribution is -2.33. The number of hydrogen-bond acceptors (Lipinski definition) is 2. The van der Waals surface area contributed by atoms with Crippen LogP contribution in [0.1, 0.15) is 0 Å². The molecule has 90 valence electrons. The molecule has 5 heteroatoms. The molecular weight excluding hydrogens is 333 g/mol. The van der Waals surface area contributed by atoms with Crippen molar-refractivity contribution in [3.63, 3.8) is 0 Å². The summed E-state index contributed by atoms with van der Waals surface area (Å²) in [6.45, 7) is 0.734. The highest BCUT2D eigenvalue weighted by Crippen LogP contribution is 2.21.